The highest BCUT2D eigenvalue weighted by molar-refractivity contribution is 7.74. The molecule has 1 rings (SSSR count). The zero-order valence-corrected chi connectivity index (χ0v) is 5.78. The van der Waals surface area contributed by atoms with Crippen LogP contribution < -0.4 is 9.01 Å². The Morgan fingerprint density at radius 2 is 1.90 bits per heavy atom. The van der Waals surface area contributed by atoms with Crippen molar-refractivity contribution in [3.05, 3.63) is 30.6 Å². The molecule has 5 heteroatoms. The van der Waals surface area contributed by atoms with Crippen LogP contribution in [0.15, 0.2) is 30.6 Å². The molecule has 0 aliphatic rings. The van der Waals surface area contributed by atoms with E-state index in [0.29, 0.717) is 0 Å². The largest absolute Gasteiger partial charge is 0.735 e. The molecule has 0 bridgehead atoms. The molecule has 0 N–H and O–H groups in total. The van der Waals surface area contributed by atoms with Crippen molar-refractivity contribution in [3.8, 4) is 0 Å². The Hall–Kier alpha value is -0.940. The third kappa shape index (κ3) is 2.12. The normalized spacial score (nSPS) is 12.5. The van der Waals surface area contributed by atoms with Gasteiger partial charge in [0, 0.05) is 16.9 Å². The van der Waals surface area contributed by atoms with E-state index in [4.69, 9.17) is 0 Å². The van der Waals surface area contributed by atoms with E-state index in [1.54, 1.807) is 18.2 Å². The minimum Gasteiger partial charge on any atom is -0.735 e. The lowest BCUT2D eigenvalue weighted by atomic mass is 10.5. The minimum atomic E-state index is -2.50. The molecule has 0 amide bonds. The summed E-state index contributed by atoms with van der Waals surface area (Å²) in [6, 6.07) is 5.08. The van der Waals surface area contributed by atoms with E-state index in [1.165, 1.54) is 12.4 Å². The summed E-state index contributed by atoms with van der Waals surface area (Å²) in [5.74, 6) is 0. The van der Waals surface area contributed by atoms with Gasteiger partial charge in [-0.05, 0) is 0 Å². The third-order valence-corrected chi connectivity index (χ3v) is 1.13. The Balaban J connectivity index is 2.67. The highest BCUT2D eigenvalue weighted by Gasteiger charge is 1.95. The van der Waals surface area contributed by atoms with Gasteiger partial charge in [0.15, 0.2) is 0 Å². The van der Waals surface area contributed by atoms with E-state index in [1.807, 2.05) is 0 Å². The maximum absolute atomic E-state index is 9.93. The average Bonchev–Trinajstić information content (AvgIpc) is 1.88. The van der Waals surface area contributed by atoms with Gasteiger partial charge in [-0.2, -0.15) is 4.28 Å². The van der Waals surface area contributed by atoms with Crippen LogP contribution in [0.2, 0.25) is 0 Å². The van der Waals surface area contributed by atoms with Crippen molar-refractivity contribution < 1.29 is 17.8 Å². The summed E-state index contributed by atoms with van der Waals surface area (Å²) >= 11 is -2.50. The summed E-state index contributed by atoms with van der Waals surface area (Å²) in [6.07, 6.45) is 2.96. The predicted molar refractivity (Wildman–Crippen MR) is 32.1 cm³/mol. The van der Waals surface area contributed by atoms with Gasteiger partial charge < -0.3 is 4.55 Å². The Kier molecular flexibility index (Phi) is 2.35. The topological polar surface area (TPSA) is 53.2 Å². The van der Waals surface area contributed by atoms with Crippen molar-refractivity contribution in [3.63, 3.8) is 0 Å². The molecule has 1 unspecified atom stereocenters. The Bertz CT molecular complexity index is 226. The lowest BCUT2D eigenvalue weighted by Crippen LogP contribution is -2.42. The summed E-state index contributed by atoms with van der Waals surface area (Å²) in [6.45, 7) is 0. The highest BCUT2D eigenvalue weighted by atomic mass is 32.2. The third-order valence-electron chi connectivity index (χ3n) is 0.835. The first-order chi connectivity index (χ1) is 4.79. The molecule has 1 heterocycles. The zero-order chi connectivity index (χ0) is 7.40. The molecule has 0 radical (unpaired) electrons. The van der Waals surface area contributed by atoms with Gasteiger partial charge in [-0.3, -0.25) is 0 Å². The number of aromatic nitrogens is 1. The molecule has 0 aliphatic carbocycles. The van der Waals surface area contributed by atoms with E-state index in [-0.39, 0.29) is 0 Å². The molecule has 54 valence electrons. The van der Waals surface area contributed by atoms with Gasteiger partial charge in [0.2, 0.25) is 23.8 Å². The molecule has 0 saturated carbocycles. The van der Waals surface area contributed by atoms with Crippen molar-refractivity contribution in [2.75, 3.05) is 0 Å². The van der Waals surface area contributed by atoms with Gasteiger partial charge in [-0.1, -0.05) is 6.07 Å². The molecule has 10 heavy (non-hydrogen) atoms. The molecule has 0 fully saturated rings. The van der Waals surface area contributed by atoms with E-state index in [9.17, 15) is 8.76 Å². The van der Waals surface area contributed by atoms with Crippen LogP contribution in [-0.4, -0.2) is 8.76 Å². The number of hydrogen-bond acceptors (Lipinski definition) is 3. The van der Waals surface area contributed by atoms with Crippen molar-refractivity contribution in [1.82, 2.24) is 0 Å². The van der Waals surface area contributed by atoms with Crippen LogP contribution in [0.1, 0.15) is 0 Å². The summed E-state index contributed by atoms with van der Waals surface area (Å²) < 4.78 is 25.2. The zero-order valence-electron chi connectivity index (χ0n) is 4.97. The predicted octanol–water partition coefficient (Wildman–Crippen LogP) is -0.803. The van der Waals surface area contributed by atoms with Gasteiger partial charge in [-0.25, -0.2) is 4.21 Å². The summed E-state index contributed by atoms with van der Waals surface area (Å²) in [7, 11) is 0. The summed E-state index contributed by atoms with van der Waals surface area (Å²) in [4.78, 5) is 0. The lowest BCUT2D eigenvalue weighted by Gasteiger charge is -1.96. The molecule has 1 aromatic heterocycles. The molecule has 1 aromatic rings. The number of nitrogens with zero attached hydrogens (tertiary/aromatic N) is 1. The standard InChI is InChI=1S/C5H5NO3S/c7-10(8)9-6-4-2-1-3-5-6/h1-5H. The smallest absolute Gasteiger partial charge is 0.224 e. The van der Waals surface area contributed by atoms with Gasteiger partial charge in [-0.15, -0.1) is 0 Å². The van der Waals surface area contributed by atoms with Gasteiger partial charge >= 0.3 is 0 Å². The summed E-state index contributed by atoms with van der Waals surface area (Å²) in [5, 5.41) is 0. The molecule has 0 spiro atoms. The van der Waals surface area contributed by atoms with Crippen LogP contribution in [0, 0.1) is 0 Å². The number of hydrogen-bond donors (Lipinski definition) is 0. The van der Waals surface area contributed by atoms with Crippen molar-refractivity contribution in [2.45, 2.75) is 0 Å². The second-order valence-electron chi connectivity index (χ2n) is 1.51. The molecular formula is C5H5NO3S. The van der Waals surface area contributed by atoms with Crippen molar-refractivity contribution >= 4 is 11.4 Å². The van der Waals surface area contributed by atoms with E-state index < -0.39 is 11.4 Å². The van der Waals surface area contributed by atoms with Gasteiger partial charge in [0.25, 0.3) is 0 Å². The first kappa shape index (κ1) is 7.17. The first-order valence-electron chi connectivity index (χ1n) is 2.53. The van der Waals surface area contributed by atoms with Crippen LogP contribution in [0.4, 0.5) is 0 Å². The monoisotopic (exact) mass is 159 g/mol. The van der Waals surface area contributed by atoms with Gasteiger partial charge in [0.05, 0.1) is 0 Å². The molecule has 0 aliphatic heterocycles. The molecular weight excluding hydrogens is 154 g/mol. The fourth-order valence-electron chi connectivity index (χ4n) is 0.503. The van der Waals surface area contributed by atoms with Crippen LogP contribution >= 0.6 is 0 Å². The Morgan fingerprint density at radius 3 is 2.40 bits per heavy atom. The first-order valence-corrected chi connectivity index (χ1v) is 3.53. The van der Waals surface area contributed by atoms with Crippen LogP contribution in [0.5, 0.6) is 0 Å². The van der Waals surface area contributed by atoms with Crippen LogP contribution in [0.25, 0.3) is 0 Å². The van der Waals surface area contributed by atoms with E-state index in [2.05, 4.69) is 4.28 Å². The average molecular weight is 159 g/mol. The quantitative estimate of drug-likeness (QED) is 0.419. The molecule has 0 saturated heterocycles. The van der Waals surface area contributed by atoms with Crippen LogP contribution in [0.3, 0.4) is 0 Å². The second kappa shape index (κ2) is 3.28. The molecule has 0 aromatic carbocycles. The molecule has 1 atom stereocenters. The Morgan fingerprint density at radius 1 is 1.30 bits per heavy atom. The van der Waals surface area contributed by atoms with Crippen molar-refractivity contribution in [1.29, 1.82) is 0 Å². The maximum Gasteiger partial charge on any atom is 0.224 e. The highest BCUT2D eigenvalue weighted by Crippen LogP contribution is 1.74. The fraction of sp³-hybridized carbons (Fsp3) is 0. The van der Waals surface area contributed by atoms with Gasteiger partial charge in [0.1, 0.15) is 0 Å². The molecule has 4 nitrogen and oxygen atoms in total. The fourth-order valence-corrected chi connectivity index (χ4v) is 0.743. The minimum absolute atomic E-state index is 1.09. The SMILES string of the molecule is O=S([O-])O[n+]1ccccc1. The lowest BCUT2D eigenvalue weighted by molar-refractivity contribution is -0.856. The maximum atomic E-state index is 9.93. The van der Waals surface area contributed by atoms with E-state index >= 15 is 0 Å². The second-order valence-corrected chi connectivity index (χ2v) is 2.07. The Labute approximate surface area is 60.5 Å². The van der Waals surface area contributed by atoms with E-state index in [0.717, 1.165) is 4.73 Å². The number of pyridine rings is 1. The summed E-state index contributed by atoms with van der Waals surface area (Å²) in [5.41, 5.74) is 0. The van der Waals surface area contributed by atoms with Crippen LogP contribution in [-0.2, 0) is 11.4 Å². The number of rotatable bonds is 2. The van der Waals surface area contributed by atoms with Crippen molar-refractivity contribution in [2.24, 2.45) is 0 Å².